The summed E-state index contributed by atoms with van der Waals surface area (Å²) in [7, 11) is 0. The topological polar surface area (TPSA) is 76.9 Å². The van der Waals surface area contributed by atoms with E-state index < -0.39 is 5.56 Å². The van der Waals surface area contributed by atoms with Crippen LogP contribution in [-0.4, -0.2) is 10.1 Å². The molecule has 3 rings (SSSR count). The molecule has 0 bridgehead atoms. The van der Waals surface area contributed by atoms with Crippen molar-refractivity contribution in [3.63, 3.8) is 0 Å². The van der Waals surface area contributed by atoms with Gasteiger partial charge in [0.2, 0.25) is 5.88 Å². The number of benzene rings is 1. The Kier molecular flexibility index (Phi) is 2.60. The highest BCUT2D eigenvalue weighted by atomic mass is 16.3. The number of rotatable bonds is 1. The van der Waals surface area contributed by atoms with Gasteiger partial charge in [-0.15, -0.1) is 0 Å². The second-order valence-electron chi connectivity index (χ2n) is 4.72. The van der Waals surface area contributed by atoms with Crippen molar-refractivity contribution in [2.75, 3.05) is 0 Å². The van der Waals surface area contributed by atoms with Gasteiger partial charge in [0.05, 0.1) is 0 Å². The van der Waals surface area contributed by atoms with Gasteiger partial charge in [0.1, 0.15) is 11.6 Å². The highest BCUT2D eigenvalue weighted by Crippen LogP contribution is 2.31. The van der Waals surface area contributed by atoms with E-state index in [1.807, 2.05) is 24.3 Å². The average Bonchev–Trinajstić information content (AvgIpc) is 2.85. The molecular formula is C15H12N2O2. The first-order valence-corrected chi connectivity index (χ1v) is 6.17. The van der Waals surface area contributed by atoms with Crippen LogP contribution in [0.1, 0.15) is 23.1 Å². The molecule has 0 unspecified atom stereocenters. The Morgan fingerprint density at radius 1 is 1.21 bits per heavy atom. The molecule has 1 aliphatic carbocycles. The second-order valence-corrected chi connectivity index (χ2v) is 4.72. The minimum absolute atomic E-state index is 0.109. The van der Waals surface area contributed by atoms with Crippen molar-refractivity contribution in [3.05, 3.63) is 51.3 Å². The molecule has 0 saturated heterocycles. The molecule has 94 valence electrons. The number of nitrogens with zero attached hydrogens (tertiary/aromatic N) is 1. The highest BCUT2D eigenvalue weighted by molar-refractivity contribution is 5.73. The van der Waals surface area contributed by atoms with E-state index in [2.05, 4.69) is 4.98 Å². The Hall–Kier alpha value is -2.54. The largest absolute Gasteiger partial charge is 0.494 e. The first-order valence-electron chi connectivity index (χ1n) is 6.17. The maximum Gasteiger partial charge on any atom is 0.251 e. The maximum atomic E-state index is 11.5. The quantitative estimate of drug-likeness (QED) is 0.816. The first kappa shape index (κ1) is 11.5. The van der Waals surface area contributed by atoms with Crippen molar-refractivity contribution in [1.82, 2.24) is 4.98 Å². The van der Waals surface area contributed by atoms with E-state index in [1.54, 1.807) is 0 Å². The SMILES string of the molecule is N#Cc1c(-c2ccc3c(c2)CCC3)cc(=O)[nH]c1O. The number of nitriles is 1. The minimum atomic E-state index is -0.410. The molecule has 0 aliphatic heterocycles. The van der Waals surface area contributed by atoms with Crippen LogP contribution in [0.15, 0.2) is 29.1 Å². The van der Waals surface area contributed by atoms with Crippen molar-refractivity contribution in [2.24, 2.45) is 0 Å². The van der Waals surface area contributed by atoms with Gasteiger partial charge in [-0.05, 0) is 36.0 Å². The third kappa shape index (κ3) is 1.89. The number of hydrogen-bond donors (Lipinski definition) is 2. The van der Waals surface area contributed by atoms with E-state index in [4.69, 9.17) is 5.26 Å². The van der Waals surface area contributed by atoms with Crippen LogP contribution in [0.25, 0.3) is 11.1 Å². The van der Waals surface area contributed by atoms with Gasteiger partial charge in [-0.25, -0.2) is 0 Å². The lowest BCUT2D eigenvalue weighted by molar-refractivity contribution is 0.450. The van der Waals surface area contributed by atoms with Crippen molar-refractivity contribution in [3.8, 4) is 23.1 Å². The lowest BCUT2D eigenvalue weighted by atomic mass is 9.98. The summed E-state index contributed by atoms with van der Waals surface area (Å²) < 4.78 is 0. The number of fused-ring (bicyclic) bond motifs is 1. The summed E-state index contributed by atoms with van der Waals surface area (Å²) in [5.74, 6) is -0.370. The normalized spacial score (nSPS) is 13.0. The summed E-state index contributed by atoms with van der Waals surface area (Å²) in [5, 5.41) is 18.8. The zero-order valence-electron chi connectivity index (χ0n) is 10.2. The Bertz CT molecular complexity index is 754. The van der Waals surface area contributed by atoms with E-state index in [-0.39, 0.29) is 11.4 Å². The number of nitrogens with one attached hydrogen (secondary N) is 1. The zero-order valence-corrected chi connectivity index (χ0v) is 10.2. The average molecular weight is 252 g/mol. The second kappa shape index (κ2) is 4.29. The number of H-pyrrole nitrogens is 1. The molecule has 0 atom stereocenters. The maximum absolute atomic E-state index is 11.5. The molecule has 2 N–H and O–H groups in total. The Morgan fingerprint density at radius 3 is 2.79 bits per heavy atom. The lowest BCUT2D eigenvalue weighted by Gasteiger charge is -2.07. The molecule has 0 fully saturated rings. The molecule has 1 aliphatic rings. The van der Waals surface area contributed by atoms with Crippen LogP contribution < -0.4 is 5.56 Å². The molecule has 0 saturated carbocycles. The molecule has 1 aromatic heterocycles. The first-order chi connectivity index (χ1) is 9.19. The summed E-state index contributed by atoms with van der Waals surface area (Å²) in [5.41, 5.74) is 3.58. The predicted molar refractivity (Wildman–Crippen MR) is 70.9 cm³/mol. The molecular weight excluding hydrogens is 240 g/mol. The third-order valence-electron chi connectivity index (χ3n) is 3.54. The fourth-order valence-electron chi connectivity index (χ4n) is 2.63. The van der Waals surface area contributed by atoms with E-state index in [1.165, 1.54) is 17.2 Å². The molecule has 2 aromatic rings. The number of pyridine rings is 1. The van der Waals surface area contributed by atoms with Crippen LogP contribution >= 0.6 is 0 Å². The van der Waals surface area contributed by atoms with Crippen molar-refractivity contribution < 1.29 is 5.11 Å². The van der Waals surface area contributed by atoms with Crippen LogP contribution in [0.4, 0.5) is 0 Å². The summed E-state index contributed by atoms with van der Waals surface area (Å²) in [4.78, 5) is 13.7. The van der Waals surface area contributed by atoms with Crippen LogP contribution in [-0.2, 0) is 12.8 Å². The van der Waals surface area contributed by atoms with Gasteiger partial charge in [-0.3, -0.25) is 9.78 Å². The standard InChI is InChI=1S/C15H12N2O2/c16-8-13-12(7-14(18)17-15(13)19)11-5-4-9-2-1-3-10(9)6-11/h4-7H,1-3H2,(H2,17,18,19). The fourth-order valence-corrected chi connectivity index (χ4v) is 2.63. The predicted octanol–water partition coefficient (Wildman–Crippen LogP) is 2.11. The van der Waals surface area contributed by atoms with Crippen LogP contribution in [0.5, 0.6) is 5.88 Å². The van der Waals surface area contributed by atoms with Crippen molar-refractivity contribution in [2.45, 2.75) is 19.3 Å². The third-order valence-corrected chi connectivity index (χ3v) is 3.54. The highest BCUT2D eigenvalue weighted by Gasteiger charge is 2.15. The van der Waals surface area contributed by atoms with Crippen molar-refractivity contribution >= 4 is 0 Å². The van der Waals surface area contributed by atoms with Crippen molar-refractivity contribution in [1.29, 1.82) is 5.26 Å². The monoisotopic (exact) mass is 252 g/mol. The zero-order chi connectivity index (χ0) is 13.4. The van der Waals surface area contributed by atoms with Gasteiger partial charge in [0.25, 0.3) is 5.56 Å². The van der Waals surface area contributed by atoms with Gasteiger partial charge in [-0.1, -0.05) is 18.2 Å². The van der Waals surface area contributed by atoms with E-state index in [9.17, 15) is 9.90 Å². The minimum Gasteiger partial charge on any atom is -0.494 e. The van der Waals surface area contributed by atoms with Gasteiger partial charge in [-0.2, -0.15) is 5.26 Å². The van der Waals surface area contributed by atoms with E-state index in [0.717, 1.165) is 24.8 Å². The molecule has 0 amide bonds. The Labute approximate surface area is 110 Å². The molecule has 0 radical (unpaired) electrons. The van der Waals surface area contributed by atoms with Crippen LogP contribution in [0, 0.1) is 11.3 Å². The fraction of sp³-hybridized carbons (Fsp3) is 0.200. The molecule has 0 spiro atoms. The number of aromatic hydroxyl groups is 1. The molecule has 4 heteroatoms. The smallest absolute Gasteiger partial charge is 0.251 e. The number of hydrogen-bond acceptors (Lipinski definition) is 3. The summed E-state index contributed by atoms with van der Waals surface area (Å²) >= 11 is 0. The van der Waals surface area contributed by atoms with Crippen LogP contribution in [0.3, 0.4) is 0 Å². The Balaban J connectivity index is 2.23. The summed E-state index contributed by atoms with van der Waals surface area (Å²) in [6.07, 6.45) is 3.26. The van der Waals surface area contributed by atoms with Gasteiger partial charge in [0, 0.05) is 11.6 Å². The molecule has 4 nitrogen and oxygen atoms in total. The van der Waals surface area contributed by atoms with E-state index >= 15 is 0 Å². The molecule has 19 heavy (non-hydrogen) atoms. The number of aromatic amines is 1. The lowest BCUT2D eigenvalue weighted by Crippen LogP contribution is -2.06. The van der Waals surface area contributed by atoms with Crippen LogP contribution in [0.2, 0.25) is 0 Å². The van der Waals surface area contributed by atoms with Gasteiger partial charge < -0.3 is 5.11 Å². The number of aromatic nitrogens is 1. The van der Waals surface area contributed by atoms with E-state index in [0.29, 0.717) is 5.56 Å². The van der Waals surface area contributed by atoms with Gasteiger partial charge >= 0.3 is 0 Å². The number of aryl methyl sites for hydroxylation is 2. The summed E-state index contributed by atoms with van der Waals surface area (Å²) in [6.45, 7) is 0. The summed E-state index contributed by atoms with van der Waals surface area (Å²) in [6, 6.07) is 9.25. The molecule has 1 aromatic carbocycles. The van der Waals surface area contributed by atoms with Gasteiger partial charge in [0.15, 0.2) is 0 Å². The molecule has 1 heterocycles. The Morgan fingerprint density at radius 2 is 2.00 bits per heavy atom.